The fourth-order valence-electron chi connectivity index (χ4n) is 2.67. The van der Waals surface area contributed by atoms with Gasteiger partial charge in [0, 0.05) is 41.3 Å². The molecule has 0 saturated heterocycles. The second kappa shape index (κ2) is 8.44. The lowest BCUT2D eigenvalue weighted by atomic mass is 10.0. The molecule has 2 aromatic heterocycles. The van der Waals surface area contributed by atoms with E-state index >= 15 is 0 Å². The van der Waals surface area contributed by atoms with Crippen molar-refractivity contribution < 1.29 is 4.79 Å². The number of hydrogen-bond donors (Lipinski definition) is 2. The number of amides is 1. The van der Waals surface area contributed by atoms with Gasteiger partial charge in [0.25, 0.3) is 5.91 Å². The molecule has 25 heavy (non-hydrogen) atoms. The van der Waals surface area contributed by atoms with Crippen molar-refractivity contribution in [2.45, 2.75) is 13.3 Å². The number of carbonyl (C=O) groups is 1. The van der Waals surface area contributed by atoms with Gasteiger partial charge in [0.05, 0.1) is 11.3 Å². The summed E-state index contributed by atoms with van der Waals surface area (Å²) in [5, 5.41) is 8.25. The molecular formula is C20H21N3OS. The largest absolute Gasteiger partial charge is 0.384 e. The molecule has 4 nitrogen and oxygen atoms in total. The number of hydrogen-bond acceptors (Lipinski definition) is 4. The summed E-state index contributed by atoms with van der Waals surface area (Å²) in [6, 6.07) is 13.9. The van der Waals surface area contributed by atoms with E-state index in [2.05, 4.69) is 22.5 Å². The van der Waals surface area contributed by atoms with Crippen LogP contribution >= 0.6 is 11.3 Å². The summed E-state index contributed by atoms with van der Waals surface area (Å²) in [5.74, 6) is -0.00965. The highest BCUT2D eigenvalue weighted by Crippen LogP contribution is 2.32. The van der Waals surface area contributed by atoms with Crippen LogP contribution in [0.3, 0.4) is 0 Å². The van der Waals surface area contributed by atoms with Gasteiger partial charge in [-0.25, -0.2) is 0 Å². The summed E-state index contributed by atoms with van der Waals surface area (Å²) in [6.45, 7) is 3.48. The third-order valence-corrected chi connectivity index (χ3v) is 4.82. The molecule has 0 radical (unpaired) electrons. The molecule has 0 aliphatic carbocycles. The van der Waals surface area contributed by atoms with Gasteiger partial charge in [-0.2, -0.15) is 0 Å². The normalized spacial score (nSPS) is 10.4. The van der Waals surface area contributed by atoms with Crippen LogP contribution in [0.5, 0.6) is 0 Å². The smallest absolute Gasteiger partial charge is 0.252 e. The first-order valence-electron chi connectivity index (χ1n) is 8.31. The van der Waals surface area contributed by atoms with Crippen molar-refractivity contribution in [1.82, 2.24) is 10.3 Å². The highest BCUT2D eigenvalue weighted by molar-refractivity contribution is 7.10. The monoisotopic (exact) mass is 351 g/mol. The summed E-state index contributed by atoms with van der Waals surface area (Å²) in [4.78, 5) is 17.8. The molecule has 3 rings (SSSR count). The van der Waals surface area contributed by atoms with E-state index in [0.717, 1.165) is 40.2 Å². The molecule has 0 aliphatic rings. The van der Waals surface area contributed by atoms with E-state index in [0.29, 0.717) is 6.54 Å². The van der Waals surface area contributed by atoms with Gasteiger partial charge in [-0.15, -0.1) is 11.3 Å². The first-order valence-corrected chi connectivity index (χ1v) is 9.19. The lowest BCUT2D eigenvalue weighted by molar-refractivity contribution is 0.0954. The third kappa shape index (κ3) is 4.45. The molecule has 0 bridgehead atoms. The predicted octanol–water partition coefficient (Wildman–Crippen LogP) is 4.35. The molecule has 0 atom stereocenters. The third-order valence-electron chi connectivity index (χ3n) is 3.91. The highest BCUT2D eigenvalue weighted by atomic mass is 32.1. The van der Waals surface area contributed by atoms with Crippen molar-refractivity contribution in [3.63, 3.8) is 0 Å². The van der Waals surface area contributed by atoms with Crippen LogP contribution in [-0.4, -0.2) is 24.0 Å². The standard InChI is InChI=1S/C20H21N3OS/c1-15-19(16-7-3-2-4-8-16)18(14-25-15)20(24)23-12-6-11-22-17-9-5-10-21-13-17/h2-5,7-10,13-14,22H,6,11-12H2,1H3,(H,23,24). The molecule has 1 aromatic carbocycles. The summed E-state index contributed by atoms with van der Waals surface area (Å²) in [6.07, 6.45) is 4.39. The maximum absolute atomic E-state index is 12.6. The van der Waals surface area contributed by atoms with Crippen LogP contribution in [0.1, 0.15) is 21.7 Å². The second-order valence-electron chi connectivity index (χ2n) is 5.72. The predicted molar refractivity (Wildman–Crippen MR) is 104 cm³/mol. The average molecular weight is 351 g/mol. The first-order chi connectivity index (χ1) is 12.3. The Hall–Kier alpha value is -2.66. The number of anilines is 1. The van der Waals surface area contributed by atoms with Gasteiger partial charge in [-0.1, -0.05) is 30.3 Å². The van der Waals surface area contributed by atoms with Crippen molar-refractivity contribution in [3.8, 4) is 11.1 Å². The van der Waals surface area contributed by atoms with Crippen molar-refractivity contribution in [2.75, 3.05) is 18.4 Å². The molecule has 0 aliphatic heterocycles. The first kappa shape index (κ1) is 17.2. The van der Waals surface area contributed by atoms with E-state index in [4.69, 9.17) is 0 Å². The topological polar surface area (TPSA) is 54.0 Å². The maximum Gasteiger partial charge on any atom is 0.252 e. The molecule has 0 fully saturated rings. The molecule has 5 heteroatoms. The van der Waals surface area contributed by atoms with Crippen LogP contribution in [0.25, 0.3) is 11.1 Å². The molecule has 1 amide bonds. The van der Waals surface area contributed by atoms with E-state index in [1.54, 1.807) is 23.7 Å². The van der Waals surface area contributed by atoms with Crippen LogP contribution in [-0.2, 0) is 0 Å². The number of aryl methyl sites for hydroxylation is 1. The second-order valence-corrected chi connectivity index (χ2v) is 6.81. The number of thiophene rings is 1. The van der Waals surface area contributed by atoms with Crippen molar-refractivity contribution >= 4 is 22.9 Å². The van der Waals surface area contributed by atoms with Gasteiger partial charge in [-0.3, -0.25) is 9.78 Å². The van der Waals surface area contributed by atoms with Gasteiger partial charge >= 0.3 is 0 Å². The van der Waals surface area contributed by atoms with Gasteiger partial charge in [-0.05, 0) is 31.0 Å². The molecule has 2 heterocycles. The molecule has 3 aromatic rings. The molecule has 128 valence electrons. The fourth-order valence-corrected chi connectivity index (χ4v) is 3.54. The molecule has 0 unspecified atom stereocenters. The van der Waals surface area contributed by atoms with Gasteiger partial charge in [0.2, 0.25) is 0 Å². The van der Waals surface area contributed by atoms with E-state index in [1.807, 2.05) is 47.8 Å². The lowest BCUT2D eigenvalue weighted by Crippen LogP contribution is -2.26. The molecule has 0 spiro atoms. The van der Waals surface area contributed by atoms with Gasteiger partial charge in [0.1, 0.15) is 0 Å². The SMILES string of the molecule is Cc1scc(C(=O)NCCCNc2cccnc2)c1-c1ccccc1. The van der Waals surface area contributed by atoms with Crippen molar-refractivity contribution in [2.24, 2.45) is 0 Å². The Labute approximate surface area is 151 Å². The Morgan fingerprint density at radius 1 is 1.12 bits per heavy atom. The summed E-state index contributed by atoms with van der Waals surface area (Å²) < 4.78 is 0. The average Bonchev–Trinajstić information content (AvgIpc) is 3.04. The minimum atomic E-state index is -0.00965. The number of aromatic nitrogens is 1. The number of carbonyl (C=O) groups excluding carboxylic acids is 1. The number of pyridine rings is 1. The number of rotatable bonds is 7. The highest BCUT2D eigenvalue weighted by Gasteiger charge is 2.16. The molecule has 2 N–H and O–H groups in total. The van der Waals surface area contributed by atoms with E-state index in [-0.39, 0.29) is 5.91 Å². The Balaban J connectivity index is 1.54. The van der Waals surface area contributed by atoms with Gasteiger partial charge < -0.3 is 10.6 Å². The number of nitrogens with zero attached hydrogens (tertiary/aromatic N) is 1. The van der Waals surface area contributed by atoms with E-state index < -0.39 is 0 Å². The van der Waals surface area contributed by atoms with Crippen LogP contribution in [0.4, 0.5) is 5.69 Å². The Bertz CT molecular complexity index is 815. The minimum absolute atomic E-state index is 0.00965. The van der Waals surface area contributed by atoms with Crippen molar-refractivity contribution in [1.29, 1.82) is 0 Å². The van der Waals surface area contributed by atoms with E-state index in [1.165, 1.54) is 0 Å². The van der Waals surface area contributed by atoms with Crippen LogP contribution < -0.4 is 10.6 Å². The van der Waals surface area contributed by atoms with Crippen molar-refractivity contribution in [3.05, 3.63) is 70.7 Å². The quantitative estimate of drug-likeness (QED) is 0.622. The van der Waals surface area contributed by atoms with Crippen LogP contribution in [0.15, 0.2) is 60.2 Å². The summed E-state index contributed by atoms with van der Waals surface area (Å²) in [5.41, 5.74) is 3.88. The zero-order chi connectivity index (χ0) is 17.5. The Morgan fingerprint density at radius 2 is 1.96 bits per heavy atom. The minimum Gasteiger partial charge on any atom is -0.384 e. The number of benzene rings is 1. The van der Waals surface area contributed by atoms with Gasteiger partial charge in [0.15, 0.2) is 0 Å². The molecule has 0 saturated carbocycles. The molecular weight excluding hydrogens is 330 g/mol. The Kier molecular flexibility index (Phi) is 5.80. The van der Waals surface area contributed by atoms with Crippen LogP contribution in [0.2, 0.25) is 0 Å². The lowest BCUT2D eigenvalue weighted by Gasteiger charge is -2.09. The zero-order valence-corrected chi connectivity index (χ0v) is 15.0. The Morgan fingerprint density at radius 3 is 2.72 bits per heavy atom. The van der Waals surface area contributed by atoms with E-state index in [9.17, 15) is 4.79 Å². The summed E-state index contributed by atoms with van der Waals surface area (Å²) >= 11 is 1.62. The fraction of sp³-hybridized carbons (Fsp3) is 0.200. The maximum atomic E-state index is 12.6. The zero-order valence-electron chi connectivity index (χ0n) is 14.2. The number of nitrogens with one attached hydrogen (secondary N) is 2. The van der Waals surface area contributed by atoms with Crippen LogP contribution in [0, 0.1) is 6.92 Å². The summed E-state index contributed by atoms with van der Waals surface area (Å²) in [7, 11) is 0.